The Morgan fingerprint density at radius 1 is 1.13 bits per heavy atom. The van der Waals surface area contributed by atoms with Gasteiger partial charge in [-0.3, -0.25) is 9.29 Å². The number of fused-ring (bicyclic) bond motifs is 1. The predicted molar refractivity (Wildman–Crippen MR) is 121 cm³/mol. The summed E-state index contributed by atoms with van der Waals surface area (Å²) >= 11 is 1.29. The number of benzene rings is 2. The van der Waals surface area contributed by atoms with E-state index < -0.39 is 21.7 Å². The van der Waals surface area contributed by atoms with Gasteiger partial charge in [-0.2, -0.15) is 0 Å². The van der Waals surface area contributed by atoms with Gasteiger partial charge in [-0.1, -0.05) is 12.1 Å². The minimum Gasteiger partial charge on any atom is -0.497 e. The largest absolute Gasteiger partial charge is 0.497 e. The van der Waals surface area contributed by atoms with Crippen molar-refractivity contribution in [2.24, 2.45) is 0 Å². The lowest BCUT2D eigenvalue weighted by atomic mass is 9.94. The fourth-order valence-corrected chi connectivity index (χ4v) is 6.18. The normalized spacial score (nSPS) is 11.6. The number of aromatic nitrogens is 1. The zero-order chi connectivity index (χ0) is 22.2. The number of rotatable bonds is 6. The molecule has 4 rings (SSSR count). The maximum absolute atomic E-state index is 13.8. The number of hydrogen-bond acceptors (Lipinski definition) is 5. The SMILES string of the molecule is Bc1c(N(Cc2ccc(F)c(F)c2)S(=O)(=O)c2cccnc2)sc2cc(OC)ccc12. The van der Waals surface area contributed by atoms with E-state index in [0.29, 0.717) is 16.3 Å². The third-order valence-electron chi connectivity index (χ3n) is 4.88. The van der Waals surface area contributed by atoms with Gasteiger partial charge in [0.2, 0.25) is 0 Å². The second-order valence-corrected chi connectivity index (χ2v) is 9.74. The number of halogens is 2. The summed E-state index contributed by atoms with van der Waals surface area (Å²) in [6, 6.07) is 11.9. The molecule has 0 saturated carbocycles. The number of ether oxygens (including phenoxy) is 1. The molecule has 2 aromatic carbocycles. The van der Waals surface area contributed by atoms with Crippen LogP contribution in [0.1, 0.15) is 5.56 Å². The summed E-state index contributed by atoms with van der Waals surface area (Å²) < 4.78 is 61.6. The quantitative estimate of drug-likeness (QED) is 0.417. The molecule has 0 fully saturated rings. The Morgan fingerprint density at radius 3 is 2.61 bits per heavy atom. The molecule has 0 aliphatic heterocycles. The van der Waals surface area contributed by atoms with E-state index in [4.69, 9.17) is 4.74 Å². The first-order valence-corrected chi connectivity index (χ1v) is 11.5. The molecule has 2 heterocycles. The lowest BCUT2D eigenvalue weighted by Gasteiger charge is -2.24. The van der Waals surface area contributed by atoms with E-state index in [9.17, 15) is 17.2 Å². The third kappa shape index (κ3) is 4.00. The second kappa shape index (κ2) is 8.28. The molecule has 10 heteroatoms. The summed E-state index contributed by atoms with van der Waals surface area (Å²) in [5, 5.41) is 1.37. The van der Waals surface area contributed by atoms with Crippen LogP contribution >= 0.6 is 11.3 Å². The van der Waals surface area contributed by atoms with Crippen molar-refractivity contribution in [1.29, 1.82) is 0 Å². The monoisotopic (exact) mass is 458 g/mol. The molecule has 0 bridgehead atoms. The van der Waals surface area contributed by atoms with Crippen LogP contribution in [0.4, 0.5) is 13.8 Å². The zero-order valence-electron chi connectivity index (χ0n) is 16.7. The van der Waals surface area contributed by atoms with Gasteiger partial charge in [0.1, 0.15) is 23.5 Å². The van der Waals surface area contributed by atoms with Gasteiger partial charge < -0.3 is 4.74 Å². The summed E-state index contributed by atoms with van der Waals surface area (Å²) in [6.45, 7) is -0.167. The molecule has 4 aromatic rings. The molecule has 31 heavy (non-hydrogen) atoms. The number of anilines is 1. The Balaban J connectivity index is 1.89. The first-order chi connectivity index (χ1) is 14.8. The van der Waals surface area contributed by atoms with E-state index in [-0.39, 0.29) is 11.4 Å². The highest BCUT2D eigenvalue weighted by Crippen LogP contribution is 2.35. The average molecular weight is 458 g/mol. The standard InChI is InChI=1S/C21H17BF2N2O3S2/c1-29-14-5-6-16-19(10-14)30-21(20(16)22)26(12-13-4-7-17(23)18(24)9-13)31(27,28)15-3-2-8-25-11-15/h2-11H,12,22H2,1H3. The van der Waals surface area contributed by atoms with Crippen LogP contribution in [0.2, 0.25) is 0 Å². The molecule has 5 nitrogen and oxygen atoms in total. The summed E-state index contributed by atoms with van der Waals surface area (Å²) in [4.78, 5) is 3.93. The Hall–Kier alpha value is -2.98. The first-order valence-electron chi connectivity index (χ1n) is 9.25. The number of pyridine rings is 1. The van der Waals surface area contributed by atoms with Gasteiger partial charge in [0.25, 0.3) is 10.0 Å². The highest BCUT2D eigenvalue weighted by Gasteiger charge is 2.29. The van der Waals surface area contributed by atoms with E-state index in [1.54, 1.807) is 13.2 Å². The van der Waals surface area contributed by atoms with Gasteiger partial charge in [0.15, 0.2) is 11.6 Å². The molecule has 0 spiro atoms. The smallest absolute Gasteiger partial charge is 0.266 e. The average Bonchev–Trinajstić information content (AvgIpc) is 3.10. The fraction of sp³-hybridized carbons (Fsp3) is 0.0952. The van der Waals surface area contributed by atoms with Gasteiger partial charge in [0, 0.05) is 17.1 Å². The summed E-state index contributed by atoms with van der Waals surface area (Å²) in [5.41, 5.74) is 1.08. The van der Waals surface area contributed by atoms with Crippen LogP contribution in [0.25, 0.3) is 10.1 Å². The Bertz CT molecular complexity index is 1360. The summed E-state index contributed by atoms with van der Waals surface area (Å²) in [5.74, 6) is -1.37. The lowest BCUT2D eigenvalue weighted by molar-refractivity contribution is 0.415. The molecule has 0 saturated heterocycles. The van der Waals surface area contributed by atoms with Gasteiger partial charge in [-0.25, -0.2) is 17.2 Å². The minimum atomic E-state index is -4.03. The number of thiophene rings is 1. The lowest BCUT2D eigenvalue weighted by Crippen LogP contribution is -2.33. The molecular formula is C21H17BF2N2O3S2. The van der Waals surface area contributed by atoms with E-state index in [1.165, 1.54) is 46.2 Å². The van der Waals surface area contributed by atoms with Crippen molar-refractivity contribution in [3.05, 3.63) is 78.1 Å². The molecule has 158 valence electrons. The van der Waals surface area contributed by atoms with Crippen LogP contribution in [0.3, 0.4) is 0 Å². The van der Waals surface area contributed by atoms with Crippen LogP contribution in [0, 0.1) is 11.6 Å². The number of nitrogens with zero attached hydrogens (tertiary/aromatic N) is 2. The molecule has 0 aliphatic carbocycles. The van der Waals surface area contributed by atoms with Crippen molar-refractivity contribution >= 4 is 49.8 Å². The summed E-state index contributed by atoms with van der Waals surface area (Å²) in [6.07, 6.45) is 2.74. The number of methoxy groups -OCH3 is 1. The second-order valence-electron chi connectivity index (χ2n) is 6.84. The highest BCUT2D eigenvalue weighted by molar-refractivity contribution is 7.93. The zero-order valence-corrected chi connectivity index (χ0v) is 18.3. The van der Waals surface area contributed by atoms with E-state index in [2.05, 4.69) is 4.98 Å². The molecule has 0 radical (unpaired) electrons. The molecule has 0 amide bonds. The van der Waals surface area contributed by atoms with E-state index in [1.807, 2.05) is 20.0 Å². The number of sulfonamides is 1. The van der Waals surface area contributed by atoms with Crippen LogP contribution < -0.4 is 14.5 Å². The topological polar surface area (TPSA) is 59.5 Å². The first kappa shape index (κ1) is 21.3. The number of hydrogen-bond donors (Lipinski definition) is 0. The molecule has 2 aromatic heterocycles. The maximum Gasteiger partial charge on any atom is 0.266 e. The molecular weight excluding hydrogens is 441 g/mol. The fourth-order valence-electron chi connectivity index (χ4n) is 3.25. The van der Waals surface area contributed by atoms with Crippen molar-refractivity contribution in [1.82, 2.24) is 4.98 Å². The highest BCUT2D eigenvalue weighted by atomic mass is 32.2. The van der Waals surface area contributed by atoms with Gasteiger partial charge in [-0.15, -0.1) is 11.3 Å². The molecule has 0 unspecified atom stereocenters. The van der Waals surface area contributed by atoms with Crippen molar-refractivity contribution in [2.45, 2.75) is 11.4 Å². The van der Waals surface area contributed by atoms with Crippen LogP contribution in [-0.4, -0.2) is 28.4 Å². The van der Waals surface area contributed by atoms with Crippen molar-refractivity contribution in [3.63, 3.8) is 0 Å². The minimum absolute atomic E-state index is 0.00650. The molecule has 0 aliphatic rings. The summed E-state index contributed by atoms with van der Waals surface area (Å²) in [7, 11) is -0.636. The van der Waals surface area contributed by atoms with Crippen LogP contribution in [-0.2, 0) is 16.6 Å². The van der Waals surface area contributed by atoms with Gasteiger partial charge in [-0.05, 0) is 52.8 Å². The van der Waals surface area contributed by atoms with Crippen molar-refractivity contribution < 1.29 is 21.9 Å². The van der Waals surface area contributed by atoms with E-state index >= 15 is 0 Å². The van der Waals surface area contributed by atoms with Crippen LogP contribution in [0.15, 0.2) is 65.8 Å². The van der Waals surface area contributed by atoms with Gasteiger partial charge >= 0.3 is 0 Å². The molecule has 0 atom stereocenters. The maximum atomic E-state index is 13.8. The van der Waals surface area contributed by atoms with E-state index in [0.717, 1.165) is 27.7 Å². The van der Waals surface area contributed by atoms with Crippen molar-refractivity contribution in [3.8, 4) is 5.75 Å². The predicted octanol–water partition coefficient (Wildman–Crippen LogP) is 3.24. The third-order valence-corrected chi connectivity index (χ3v) is 8.00. The van der Waals surface area contributed by atoms with Crippen LogP contribution in [0.5, 0.6) is 5.75 Å². The molecule has 0 N–H and O–H groups in total. The Labute approximate surface area is 183 Å². The Morgan fingerprint density at radius 2 is 1.94 bits per heavy atom. The Kier molecular flexibility index (Phi) is 5.68. The van der Waals surface area contributed by atoms with Gasteiger partial charge in [0.05, 0.1) is 13.7 Å². The van der Waals surface area contributed by atoms with Crippen molar-refractivity contribution in [2.75, 3.05) is 11.4 Å².